The normalized spacial score (nSPS) is 13.4. The van der Waals surface area contributed by atoms with Crippen molar-refractivity contribution in [1.82, 2.24) is 19.7 Å². The fourth-order valence-corrected chi connectivity index (χ4v) is 5.45. The average Bonchev–Trinajstić information content (AvgIpc) is 3.51. The van der Waals surface area contributed by atoms with Crippen molar-refractivity contribution in [3.8, 4) is 22.2 Å². The van der Waals surface area contributed by atoms with E-state index < -0.39 is 0 Å². The third kappa shape index (κ3) is 3.82. The summed E-state index contributed by atoms with van der Waals surface area (Å²) in [5.74, 6) is 2.64. The lowest BCUT2D eigenvalue weighted by molar-refractivity contribution is 0.414. The minimum Gasteiger partial charge on any atom is -0.497 e. The van der Waals surface area contributed by atoms with Crippen molar-refractivity contribution < 1.29 is 9.15 Å². The van der Waals surface area contributed by atoms with Crippen LogP contribution >= 0.6 is 23.1 Å². The first kappa shape index (κ1) is 18.4. The summed E-state index contributed by atoms with van der Waals surface area (Å²) in [7, 11) is 1.66. The monoisotopic (exact) mass is 424 g/mol. The predicted molar refractivity (Wildman–Crippen MR) is 114 cm³/mol. The summed E-state index contributed by atoms with van der Waals surface area (Å²) in [4.78, 5) is 7.02. The lowest BCUT2D eigenvalue weighted by Gasteiger charge is -2.08. The van der Waals surface area contributed by atoms with Crippen molar-refractivity contribution in [2.45, 2.75) is 36.6 Å². The molecule has 1 aliphatic carbocycles. The second kappa shape index (κ2) is 8.04. The number of thiophene rings is 1. The molecule has 0 aliphatic heterocycles. The van der Waals surface area contributed by atoms with Crippen LogP contribution in [0.15, 0.2) is 52.3 Å². The van der Waals surface area contributed by atoms with Gasteiger partial charge in [0.25, 0.3) is 5.89 Å². The smallest absolute Gasteiger partial charge is 0.257 e. The number of thioether (sulfide) groups is 1. The van der Waals surface area contributed by atoms with Gasteiger partial charge in [0.2, 0.25) is 5.89 Å². The predicted octanol–water partition coefficient (Wildman–Crippen LogP) is 5.16. The minimum absolute atomic E-state index is 0.575. The van der Waals surface area contributed by atoms with E-state index in [4.69, 9.17) is 9.15 Å². The Kier molecular flexibility index (Phi) is 5.12. The van der Waals surface area contributed by atoms with Crippen molar-refractivity contribution in [3.63, 3.8) is 0 Å². The second-order valence-electron chi connectivity index (χ2n) is 6.83. The summed E-state index contributed by atoms with van der Waals surface area (Å²) in [5.41, 5.74) is 2.48. The van der Waals surface area contributed by atoms with Gasteiger partial charge in [-0.1, -0.05) is 11.8 Å². The van der Waals surface area contributed by atoms with Gasteiger partial charge in [-0.3, -0.25) is 4.57 Å². The van der Waals surface area contributed by atoms with Crippen LogP contribution in [-0.4, -0.2) is 26.9 Å². The van der Waals surface area contributed by atoms with E-state index in [0.717, 1.165) is 27.9 Å². The minimum atomic E-state index is 0.575. The lowest BCUT2D eigenvalue weighted by Crippen LogP contribution is -1.96. The molecule has 0 N–H and O–H groups in total. The van der Waals surface area contributed by atoms with E-state index in [1.807, 2.05) is 35.0 Å². The Hall–Kier alpha value is -2.58. The Balaban J connectivity index is 1.29. The van der Waals surface area contributed by atoms with Crippen molar-refractivity contribution in [1.29, 1.82) is 0 Å². The summed E-state index contributed by atoms with van der Waals surface area (Å²) < 4.78 is 13.2. The maximum absolute atomic E-state index is 5.94. The fraction of sp³-hybridized carbons (Fsp3) is 0.286. The number of ether oxygens (including phenoxy) is 1. The van der Waals surface area contributed by atoms with Crippen molar-refractivity contribution in [2.24, 2.45) is 0 Å². The summed E-state index contributed by atoms with van der Waals surface area (Å²) in [6.07, 6.45) is 8.62. The van der Waals surface area contributed by atoms with Gasteiger partial charge in [0, 0.05) is 23.0 Å². The Labute approximate surface area is 177 Å². The van der Waals surface area contributed by atoms with E-state index in [9.17, 15) is 0 Å². The summed E-state index contributed by atoms with van der Waals surface area (Å²) >= 11 is 3.37. The zero-order valence-electron chi connectivity index (χ0n) is 16.0. The lowest BCUT2D eigenvalue weighted by atomic mass is 9.99. The Morgan fingerprint density at radius 2 is 2.03 bits per heavy atom. The van der Waals surface area contributed by atoms with Crippen LogP contribution in [0.3, 0.4) is 0 Å². The highest BCUT2D eigenvalue weighted by atomic mass is 32.2. The van der Waals surface area contributed by atoms with Crippen molar-refractivity contribution in [3.05, 3.63) is 59.1 Å². The number of aromatic nitrogens is 4. The molecular weight excluding hydrogens is 404 g/mol. The van der Waals surface area contributed by atoms with Gasteiger partial charge >= 0.3 is 0 Å². The number of fused-ring (bicyclic) bond motifs is 1. The maximum Gasteiger partial charge on any atom is 0.257 e. The number of methoxy groups -OCH3 is 1. The fourth-order valence-electron chi connectivity index (χ4n) is 3.47. The van der Waals surface area contributed by atoms with Gasteiger partial charge in [0.05, 0.1) is 17.7 Å². The molecule has 4 aromatic rings. The zero-order valence-corrected chi connectivity index (χ0v) is 17.6. The molecule has 0 unspecified atom stereocenters. The van der Waals surface area contributed by atoms with E-state index in [-0.39, 0.29) is 0 Å². The van der Waals surface area contributed by atoms with Crippen LogP contribution in [-0.2, 0) is 18.6 Å². The highest BCUT2D eigenvalue weighted by Gasteiger charge is 2.18. The number of nitrogens with zero attached hydrogens (tertiary/aromatic N) is 4. The molecule has 8 heteroatoms. The highest BCUT2D eigenvalue weighted by molar-refractivity contribution is 7.98. The standard InChI is InChI=1S/C21H20N4O2S2/c1-26-16-8-6-15(7-9-16)25-11-10-22-21(25)28-13-19-23-24-20(27-19)18-12-14-4-2-3-5-17(14)29-18/h6-12H,2-5,13H2,1H3. The maximum atomic E-state index is 5.94. The molecule has 3 heterocycles. The molecule has 0 fully saturated rings. The third-order valence-electron chi connectivity index (χ3n) is 4.96. The molecule has 0 radical (unpaired) electrons. The first-order chi connectivity index (χ1) is 14.3. The molecule has 0 spiro atoms. The van der Waals surface area contributed by atoms with Crippen LogP contribution in [0.1, 0.15) is 29.2 Å². The molecule has 6 nitrogen and oxygen atoms in total. The van der Waals surface area contributed by atoms with Crippen LogP contribution in [0.5, 0.6) is 5.75 Å². The highest BCUT2D eigenvalue weighted by Crippen LogP contribution is 2.35. The molecule has 0 saturated carbocycles. The number of aryl methyl sites for hydroxylation is 2. The van der Waals surface area contributed by atoms with E-state index >= 15 is 0 Å². The van der Waals surface area contributed by atoms with Crippen LogP contribution in [0.25, 0.3) is 16.5 Å². The molecule has 1 aromatic carbocycles. The van der Waals surface area contributed by atoms with Crippen LogP contribution in [0.4, 0.5) is 0 Å². The van der Waals surface area contributed by atoms with Crippen LogP contribution < -0.4 is 4.74 Å². The number of rotatable bonds is 6. The summed E-state index contributed by atoms with van der Waals surface area (Å²) in [6.45, 7) is 0. The van der Waals surface area contributed by atoms with Gasteiger partial charge in [0.15, 0.2) is 5.16 Å². The molecule has 0 saturated heterocycles. The molecular formula is C21H20N4O2S2. The quantitative estimate of drug-likeness (QED) is 0.398. The van der Waals surface area contributed by atoms with Gasteiger partial charge in [0.1, 0.15) is 5.75 Å². The Morgan fingerprint density at radius 3 is 2.86 bits per heavy atom. The summed E-state index contributed by atoms with van der Waals surface area (Å²) in [5, 5.41) is 9.38. The second-order valence-corrected chi connectivity index (χ2v) is 8.91. The topological polar surface area (TPSA) is 66.0 Å². The van der Waals surface area contributed by atoms with E-state index in [1.54, 1.807) is 36.4 Å². The van der Waals surface area contributed by atoms with E-state index in [0.29, 0.717) is 17.5 Å². The average molecular weight is 425 g/mol. The van der Waals surface area contributed by atoms with Crippen molar-refractivity contribution in [2.75, 3.05) is 7.11 Å². The molecule has 29 heavy (non-hydrogen) atoms. The molecule has 148 valence electrons. The number of hydrogen-bond donors (Lipinski definition) is 0. The molecule has 3 aromatic heterocycles. The van der Waals surface area contributed by atoms with E-state index in [1.165, 1.54) is 29.7 Å². The number of hydrogen-bond acceptors (Lipinski definition) is 7. The van der Waals surface area contributed by atoms with Crippen LogP contribution in [0.2, 0.25) is 0 Å². The Morgan fingerprint density at radius 1 is 1.17 bits per heavy atom. The SMILES string of the molecule is COc1ccc(-n2ccnc2SCc2nnc(-c3cc4c(s3)CCCC4)o2)cc1. The van der Waals surface area contributed by atoms with Gasteiger partial charge in [-0.05, 0) is 61.6 Å². The first-order valence-corrected chi connectivity index (χ1v) is 11.4. The van der Waals surface area contributed by atoms with Crippen molar-refractivity contribution >= 4 is 23.1 Å². The third-order valence-corrected chi connectivity index (χ3v) is 7.13. The Bertz CT molecular complexity index is 1090. The largest absolute Gasteiger partial charge is 0.497 e. The van der Waals surface area contributed by atoms with Crippen LogP contribution in [0, 0.1) is 0 Å². The van der Waals surface area contributed by atoms with Gasteiger partial charge in [-0.15, -0.1) is 21.5 Å². The van der Waals surface area contributed by atoms with Gasteiger partial charge in [-0.25, -0.2) is 4.98 Å². The molecule has 5 rings (SSSR count). The first-order valence-electron chi connectivity index (χ1n) is 9.55. The number of benzene rings is 1. The molecule has 0 atom stereocenters. The zero-order chi connectivity index (χ0) is 19.6. The van der Waals surface area contributed by atoms with Gasteiger partial charge in [-0.2, -0.15) is 0 Å². The molecule has 0 bridgehead atoms. The molecule has 1 aliphatic rings. The summed E-state index contributed by atoms with van der Waals surface area (Å²) in [6, 6.07) is 10.1. The van der Waals surface area contributed by atoms with E-state index in [2.05, 4.69) is 21.2 Å². The number of imidazole rings is 1. The molecule has 0 amide bonds. The van der Waals surface area contributed by atoms with Gasteiger partial charge < -0.3 is 9.15 Å².